The van der Waals surface area contributed by atoms with Crippen LogP contribution in [0.15, 0.2) is 59.1 Å². The van der Waals surface area contributed by atoms with E-state index in [1.54, 1.807) is 31.4 Å². The van der Waals surface area contributed by atoms with E-state index in [-0.39, 0.29) is 12.3 Å². The summed E-state index contributed by atoms with van der Waals surface area (Å²) in [7, 11) is 1.56. The molecule has 30 heavy (non-hydrogen) atoms. The van der Waals surface area contributed by atoms with Gasteiger partial charge >= 0.3 is 0 Å². The highest BCUT2D eigenvalue weighted by molar-refractivity contribution is 9.10. The van der Waals surface area contributed by atoms with Crippen LogP contribution < -0.4 is 14.8 Å². The Morgan fingerprint density at radius 3 is 2.43 bits per heavy atom. The number of ether oxygens (including phenoxy) is 2. The average Bonchev–Trinajstić information content (AvgIpc) is 2.72. The molecular weight excluding hydrogens is 495 g/mol. The van der Waals surface area contributed by atoms with Gasteiger partial charge in [0.15, 0.2) is 11.5 Å². The zero-order chi connectivity index (χ0) is 21.7. The van der Waals surface area contributed by atoms with Crippen molar-refractivity contribution in [3.8, 4) is 11.5 Å². The minimum absolute atomic E-state index is 0.0372. The summed E-state index contributed by atoms with van der Waals surface area (Å²) in [5.74, 6) is 1.11. The van der Waals surface area contributed by atoms with Gasteiger partial charge in [0.25, 0.3) is 5.69 Å². The maximum absolute atomic E-state index is 10.8. The fraction of sp³-hybridized carbons (Fsp3) is 0.143. The number of halogens is 3. The van der Waals surface area contributed by atoms with Crippen LogP contribution in [0.4, 0.5) is 11.4 Å². The Kier molecular flexibility index (Phi) is 7.42. The first-order valence-corrected chi connectivity index (χ1v) is 10.3. The van der Waals surface area contributed by atoms with Crippen LogP contribution in [0.25, 0.3) is 0 Å². The second kappa shape index (κ2) is 10.0. The molecule has 0 saturated heterocycles. The summed E-state index contributed by atoms with van der Waals surface area (Å²) in [6.45, 7) is 0.754. The molecule has 3 aromatic carbocycles. The van der Waals surface area contributed by atoms with E-state index in [1.165, 1.54) is 12.1 Å². The second-order valence-corrected chi connectivity index (χ2v) is 8.00. The number of anilines is 1. The Labute approximate surface area is 192 Å². The molecule has 0 aliphatic carbocycles. The molecule has 6 nitrogen and oxygen atoms in total. The monoisotopic (exact) mass is 510 g/mol. The van der Waals surface area contributed by atoms with Gasteiger partial charge in [0, 0.05) is 23.7 Å². The molecule has 0 saturated carbocycles. The highest BCUT2D eigenvalue weighted by Crippen LogP contribution is 2.37. The molecular formula is C21H17BrCl2N2O4. The molecule has 0 aromatic heterocycles. The summed E-state index contributed by atoms with van der Waals surface area (Å²) in [6.07, 6.45) is 0. The molecule has 0 aliphatic heterocycles. The van der Waals surface area contributed by atoms with E-state index in [4.69, 9.17) is 32.7 Å². The minimum atomic E-state index is -0.436. The van der Waals surface area contributed by atoms with Crippen molar-refractivity contribution in [1.29, 1.82) is 0 Å². The summed E-state index contributed by atoms with van der Waals surface area (Å²) >= 11 is 15.7. The highest BCUT2D eigenvalue weighted by Gasteiger charge is 2.13. The molecule has 9 heteroatoms. The van der Waals surface area contributed by atoms with Gasteiger partial charge in [-0.05, 0) is 69.5 Å². The maximum Gasteiger partial charge on any atom is 0.269 e. The fourth-order valence-electron chi connectivity index (χ4n) is 2.71. The number of nitrogens with zero attached hydrogens (tertiary/aromatic N) is 1. The van der Waals surface area contributed by atoms with Gasteiger partial charge in [-0.3, -0.25) is 10.1 Å². The quantitative estimate of drug-likeness (QED) is 0.264. The number of non-ortho nitro benzene ring substituents is 1. The number of nitrogens with one attached hydrogen (secondary N) is 1. The van der Waals surface area contributed by atoms with Crippen LogP contribution in [0.5, 0.6) is 11.5 Å². The summed E-state index contributed by atoms with van der Waals surface area (Å²) in [5, 5.41) is 15.1. The molecule has 0 unspecified atom stereocenters. The Hall–Kier alpha value is -2.48. The third-order valence-corrected chi connectivity index (χ3v) is 5.37. The molecule has 3 aromatic rings. The molecule has 156 valence electrons. The van der Waals surface area contributed by atoms with Crippen LogP contribution in [-0.2, 0) is 13.2 Å². The van der Waals surface area contributed by atoms with Crippen molar-refractivity contribution in [2.75, 3.05) is 12.4 Å². The van der Waals surface area contributed by atoms with Crippen molar-refractivity contribution in [2.45, 2.75) is 13.2 Å². The Morgan fingerprint density at radius 2 is 1.80 bits per heavy atom. The van der Waals surface area contributed by atoms with Gasteiger partial charge in [0.2, 0.25) is 0 Å². The van der Waals surface area contributed by atoms with Crippen LogP contribution in [-0.4, -0.2) is 12.0 Å². The number of hydrogen-bond acceptors (Lipinski definition) is 5. The Morgan fingerprint density at radius 1 is 1.07 bits per heavy atom. The predicted molar refractivity (Wildman–Crippen MR) is 122 cm³/mol. The summed E-state index contributed by atoms with van der Waals surface area (Å²) in [4.78, 5) is 10.3. The van der Waals surface area contributed by atoms with Gasteiger partial charge in [-0.1, -0.05) is 23.2 Å². The van der Waals surface area contributed by atoms with Crippen molar-refractivity contribution in [3.63, 3.8) is 0 Å². The van der Waals surface area contributed by atoms with Crippen LogP contribution in [0, 0.1) is 10.1 Å². The Bertz CT molecular complexity index is 1060. The lowest BCUT2D eigenvalue weighted by Gasteiger charge is -2.15. The first-order valence-electron chi connectivity index (χ1n) is 8.79. The zero-order valence-electron chi connectivity index (χ0n) is 15.8. The first kappa shape index (κ1) is 22.2. The van der Waals surface area contributed by atoms with E-state index < -0.39 is 4.92 Å². The second-order valence-electron chi connectivity index (χ2n) is 6.30. The zero-order valence-corrected chi connectivity index (χ0v) is 18.9. The molecule has 0 fully saturated rings. The Balaban J connectivity index is 1.71. The smallest absolute Gasteiger partial charge is 0.269 e. The molecule has 0 bridgehead atoms. The molecule has 0 atom stereocenters. The van der Waals surface area contributed by atoms with Gasteiger partial charge in [-0.15, -0.1) is 0 Å². The summed E-state index contributed by atoms with van der Waals surface area (Å²) in [6, 6.07) is 15.3. The lowest BCUT2D eigenvalue weighted by molar-refractivity contribution is -0.384. The lowest BCUT2D eigenvalue weighted by Crippen LogP contribution is -2.03. The van der Waals surface area contributed by atoms with Crippen molar-refractivity contribution >= 4 is 50.5 Å². The maximum atomic E-state index is 10.8. The van der Waals surface area contributed by atoms with E-state index in [0.29, 0.717) is 28.1 Å². The topological polar surface area (TPSA) is 73.6 Å². The van der Waals surface area contributed by atoms with Crippen molar-refractivity contribution < 1.29 is 14.4 Å². The number of rotatable bonds is 8. The third kappa shape index (κ3) is 5.56. The normalized spacial score (nSPS) is 10.5. The van der Waals surface area contributed by atoms with Crippen LogP contribution in [0.1, 0.15) is 11.1 Å². The third-order valence-electron chi connectivity index (χ3n) is 4.23. The van der Waals surface area contributed by atoms with E-state index >= 15 is 0 Å². The largest absolute Gasteiger partial charge is 0.493 e. The molecule has 0 radical (unpaired) electrons. The number of methoxy groups -OCH3 is 1. The van der Waals surface area contributed by atoms with Crippen LogP contribution in [0.2, 0.25) is 10.0 Å². The molecule has 0 aliphatic rings. The first-order chi connectivity index (χ1) is 14.4. The molecule has 0 heterocycles. The fourth-order valence-corrected chi connectivity index (χ4v) is 3.79. The number of benzene rings is 3. The SMILES string of the molecule is COc1cc(CNc2ccc(Cl)cc2Cl)cc(Br)c1OCc1ccc([N+](=O)[O-])cc1. The van der Waals surface area contributed by atoms with Crippen molar-refractivity contribution in [2.24, 2.45) is 0 Å². The lowest BCUT2D eigenvalue weighted by atomic mass is 10.2. The van der Waals surface area contributed by atoms with Gasteiger partial charge < -0.3 is 14.8 Å². The summed E-state index contributed by atoms with van der Waals surface area (Å²) in [5.41, 5.74) is 2.56. The highest BCUT2D eigenvalue weighted by atomic mass is 79.9. The molecule has 0 amide bonds. The van der Waals surface area contributed by atoms with Crippen LogP contribution in [0.3, 0.4) is 0 Å². The number of nitro groups is 1. The van der Waals surface area contributed by atoms with Crippen molar-refractivity contribution in [3.05, 3.63) is 90.4 Å². The predicted octanol–water partition coefficient (Wildman–Crippen LogP) is 6.86. The van der Waals surface area contributed by atoms with E-state index in [1.807, 2.05) is 18.2 Å². The van der Waals surface area contributed by atoms with Gasteiger partial charge in [-0.25, -0.2) is 0 Å². The van der Waals surface area contributed by atoms with Crippen molar-refractivity contribution in [1.82, 2.24) is 0 Å². The van der Waals surface area contributed by atoms with E-state index in [9.17, 15) is 10.1 Å². The minimum Gasteiger partial charge on any atom is -0.493 e. The van der Waals surface area contributed by atoms with E-state index in [2.05, 4.69) is 21.2 Å². The average molecular weight is 512 g/mol. The van der Waals surface area contributed by atoms with Gasteiger partial charge in [-0.2, -0.15) is 0 Å². The van der Waals surface area contributed by atoms with Crippen LogP contribution >= 0.6 is 39.1 Å². The molecule has 0 spiro atoms. The molecule has 3 rings (SSSR count). The number of hydrogen-bond donors (Lipinski definition) is 1. The standard InChI is InChI=1S/C21H17BrCl2N2O4/c1-29-20-9-14(11-25-19-7-4-15(23)10-18(19)24)8-17(22)21(20)30-12-13-2-5-16(6-3-13)26(27)28/h2-10,25H,11-12H2,1H3. The number of nitro benzene ring substituents is 1. The van der Waals surface area contributed by atoms with Gasteiger partial charge in [0.1, 0.15) is 6.61 Å². The van der Waals surface area contributed by atoms with E-state index in [0.717, 1.165) is 21.3 Å². The molecule has 1 N–H and O–H groups in total. The summed E-state index contributed by atoms with van der Waals surface area (Å²) < 4.78 is 12.1. The van der Waals surface area contributed by atoms with Gasteiger partial charge in [0.05, 0.1) is 27.2 Å².